The van der Waals surface area contributed by atoms with Crippen LogP contribution in [-0.2, 0) is 10.0 Å². The van der Waals surface area contributed by atoms with Gasteiger partial charge in [-0.05, 0) is 55.3 Å². The van der Waals surface area contributed by atoms with Crippen molar-refractivity contribution in [2.45, 2.75) is 24.2 Å². The average Bonchev–Trinajstić information content (AvgIpc) is 2.70. The van der Waals surface area contributed by atoms with E-state index in [1.807, 2.05) is 0 Å². The highest BCUT2D eigenvalue weighted by Gasteiger charge is 2.26. The number of carbonyl (C=O) groups excluding carboxylic acids is 1. The molecule has 1 fully saturated rings. The number of carbonyl (C=O) groups is 2. The highest BCUT2D eigenvalue weighted by atomic mass is 79.9. The summed E-state index contributed by atoms with van der Waals surface area (Å²) in [5.41, 5.74) is 0.342. The van der Waals surface area contributed by atoms with Gasteiger partial charge in [-0.15, -0.1) is 12.4 Å². The van der Waals surface area contributed by atoms with Gasteiger partial charge in [0.05, 0.1) is 16.1 Å². The number of hydrogen-bond donors (Lipinski definition) is 2. The molecule has 0 aromatic heterocycles. The number of benzene rings is 2. The number of piperidine rings is 1. The third-order valence-corrected chi connectivity index (χ3v) is 6.94. The lowest BCUT2D eigenvalue weighted by molar-refractivity contribution is 0.0698. The van der Waals surface area contributed by atoms with E-state index in [9.17, 15) is 23.1 Å². The van der Waals surface area contributed by atoms with Crippen molar-refractivity contribution in [3.05, 3.63) is 58.1 Å². The summed E-state index contributed by atoms with van der Waals surface area (Å²) in [7, 11) is -3.57. The highest BCUT2D eigenvalue weighted by Crippen LogP contribution is 2.23. The fourth-order valence-electron chi connectivity index (χ4n) is 3.03. The summed E-state index contributed by atoms with van der Waals surface area (Å²) in [5, 5.41) is 11.8. The Labute approximate surface area is 183 Å². The minimum atomic E-state index is -3.57. The molecule has 0 unspecified atom stereocenters. The maximum Gasteiger partial charge on any atom is 0.337 e. The molecule has 0 bridgehead atoms. The molecule has 0 saturated carbocycles. The quantitative estimate of drug-likeness (QED) is 0.642. The zero-order valence-corrected chi connectivity index (χ0v) is 18.5. The van der Waals surface area contributed by atoms with E-state index in [0.29, 0.717) is 17.6 Å². The van der Waals surface area contributed by atoms with Crippen molar-refractivity contribution in [1.82, 2.24) is 4.31 Å². The van der Waals surface area contributed by atoms with Gasteiger partial charge in [0.15, 0.2) is 0 Å². The lowest BCUT2D eigenvalue weighted by atomic mass is 10.1. The summed E-state index contributed by atoms with van der Waals surface area (Å²) >= 11 is 3.20. The molecule has 3 rings (SSSR count). The number of carboxylic acids is 1. The monoisotopic (exact) mass is 502 g/mol. The predicted molar refractivity (Wildman–Crippen MR) is 115 cm³/mol. The molecule has 1 heterocycles. The molecule has 0 atom stereocenters. The van der Waals surface area contributed by atoms with Crippen LogP contribution in [-0.4, -0.2) is 42.8 Å². The van der Waals surface area contributed by atoms with E-state index in [0.717, 1.165) is 19.3 Å². The van der Waals surface area contributed by atoms with Crippen LogP contribution < -0.4 is 5.32 Å². The van der Waals surface area contributed by atoms with Gasteiger partial charge in [-0.2, -0.15) is 4.31 Å². The van der Waals surface area contributed by atoms with E-state index in [1.165, 1.54) is 40.7 Å². The molecule has 0 aliphatic carbocycles. The van der Waals surface area contributed by atoms with Gasteiger partial charge in [0.1, 0.15) is 0 Å². The van der Waals surface area contributed by atoms with Gasteiger partial charge in [-0.25, -0.2) is 13.2 Å². The molecule has 2 N–H and O–H groups in total. The summed E-state index contributed by atoms with van der Waals surface area (Å²) < 4.78 is 27.4. The number of carboxylic acid groups (broad SMARTS) is 1. The van der Waals surface area contributed by atoms with Crippen LogP contribution in [0.5, 0.6) is 0 Å². The van der Waals surface area contributed by atoms with Crippen molar-refractivity contribution in [2.75, 3.05) is 18.4 Å². The number of rotatable bonds is 5. The molecule has 1 amide bonds. The second-order valence-corrected chi connectivity index (χ2v) is 9.29. The van der Waals surface area contributed by atoms with Crippen LogP contribution in [0.4, 0.5) is 5.69 Å². The predicted octanol–water partition coefficient (Wildman–Crippen LogP) is 4.00. The maximum atomic E-state index is 12.7. The normalized spacial score (nSPS) is 14.7. The summed E-state index contributed by atoms with van der Waals surface area (Å²) in [6, 6.07) is 10.2. The van der Waals surface area contributed by atoms with Crippen LogP contribution in [0.1, 0.15) is 40.0 Å². The molecule has 156 valence electrons. The molecular formula is C19H20BrClN2O5S. The van der Waals surface area contributed by atoms with Crippen molar-refractivity contribution in [3.63, 3.8) is 0 Å². The maximum absolute atomic E-state index is 12.7. The Hall–Kier alpha value is -1.94. The first-order valence-electron chi connectivity index (χ1n) is 8.73. The summed E-state index contributed by atoms with van der Waals surface area (Å²) in [4.78, 5) is 24.0. The van der Waals surface area contributed by atoms with Crippen LogP contribution in [0.3, 0.4) is 0 Å². The van der Waals surface area contributed by atoms with E-state index in [4.69, 9.17) is 0 Å². The minimum Gasteiger partial charge on any atom is -0.478 e. The zero-order valence-electron chi connectivity index (χ0n) is 15.3. The number of anilines is 1. The molecule has 29 heavy (non-hydrogen) atoms. The largest absolute Gasteiger partial charge is 0.478 e. The van der Waals surface area contributed by atoms with E-state index < -0.39 is 21.9 Å². The van der Waals surface area contributed by atoms with Crippen LogP contribution in [0.25, 0.3) is 0 Å². The first-order valence-corrected chi connectivity index (χ1v) is 11.0. The van der Waals surface area contributed by atoms with Gasteiger partial charge < -0.3 is 10.4 Å². The molecule has 0 radical (unpaired) electrons. The molecule has 1 aliphatic heterocycles. The van der Waals surface area contributed by atoms with E-state index in [1.54, 1.807) is 6.07 Å². The lowest BCUT2D eigenvalue weighted by Gasteiger charge is -2.25. The standard InChI is InChI=1S/C19H19BrN2O5S.ClH/c20-14-6-9-17(16(12-14)19(24)25)21-18(23)13-4-7-15(8-5-13)28(26,27)22-10-2-1-3-11-22;/h4-9,12H,1-3,10-11H2,(H,21,23)(H,24,25);1H. The summed E-state index contributed by atoms with van der Waals surface area (Å²) in [6.45, 7) is 1.01. The van der Waals surface area contributed by atoms with Gasteiger partial charge in [0, 0.05) is 23.1 Å². The molecule has 1 aliphatic rings. The number of sulfonamides is 1. The number of nitrogens with one attached hydrogen (secondary N) is 1. The van der Waals surface area contributed by atoms with E-state index >= 15 is 0 Å². The number of halogens is 2. The molecule has 10 heteroatoms. The lowest BCUT2D eigenvalue weighted by Crippen LogP contribution is -2.35. The van der Waals surface area contributed by atoms with Crippen molar-refractivity contribution >= 4 is 55.9 Å². The van der Waals surface area contributed by atoms with Crippen LogP contribution in [0.2, 0.25) is 0 Å². The second kappa shape index (κ2) is 9.71. The van der Waals surface area contributed by atoms with E-state index in [-0.39, 0.29) is 34.1 Å². The smallest absolute Gasteiger partial charge is 0.337 e. The van der Waals surface area contributed by atoms with E-state index in [2.05, 4.69) is 21.2 Å². The average molecular weight is 504 g/mol. The van der Waals surface area contributed by atoms with Crippen LogP contribution in [0, 0.1) is 0 Å². The topological polar surface area (TPSA) is 104 Å². The van der Waals surface area contributed by atoms with Gasteiger partial charge in [-0.3, -0.25) is 4.79 Å². The number of aromatic carboxylic acids is 1. The van der Waals surface area contributed by atoms with Gasteiger partial charge in [-0.1, -0.05) is 22.4 Å². The number of nitrogens with zero attached hydrogens (tertiary/aromatic N) is 1. The first-order chi connectivity index (χ1) is 13.3. The van der Waals surface area contributed by atoms with Gasteiger partial charge >= 0.3 is 5.97 Å². The minimum absolute atomic E-state index is 0. The molecule has 2 aromatic rings. The second-order valence-electron chi connectivity index (χ2n) is 6.44. The Morgan fingerprint density at radius 3 is 2.21 bits per heavy atom. The molecular weight excluding hydrogens is 484 g/mol. The van der Waals surface area contributed by atoms with Crippen molar-refractivity contribution < 1.29 is 23.1 Å². The zero-order chi connectivity index (χ0) is 20.3. The van der Waals surface area contributed by atoms with Crippen molar-refractivity contribution in [3.8, 4) is 0 Å². The fourth-order valence-corrected chi connectivity index (χ4v) is 4.91. The molecule has 0 spiro atoms. The fraction of sp³-hybridized carbons (Fsp3) is 0.263. The molecule has 2 aromatic carbocycles. The Morgan fingerprint density at radius 2 is 1.62 bits per heavy atom. The molecule has 1 saturated heterocycles. The van der Waals surface area contributed by atoms with Gasteiger partial charge in [0.25, 0.3) is 5.91 Å². The Bertz CT molecular complexity index is 1010. The summed E-state index contributed by atoms with van der Waals surface area (Å²) in [5.74, 6) is -1.69. The third-order valence-electron chi connectivity index (χ3n) is 4.53. The van der Waals surface area contributed by atoms with Crippen molar-refractivity contribution in [1.29, 1.82) is 0 Å². The number of amides is 1. The van der Waals surface area contributed by atoms with Crippen LogP contribution in [0.15, 0.2) is 51.8 Å². The first kappa shape index (κ1) is 23.3. The third kappa shape index (κ3) is 5.36. The SMILES string of the molecule is Cl.O=C(Nc1ccc(Br)cc1C(=O)O)c1ccc(S(=O)(=O)N2CCCCC2)cc1. The highest BCUT2D eigenvalue weighted by molar-refractivity contribution is 9.10. The van der Waals surface area contributed by atoms with Crippen molar-refractivity contribution in [2.24, 2.45) is 0 Å². The Kier molecular flexibility index (Phi) is 7.81. The Morgan fingerprint density at radius 1 is 1.00 bits per heavy atom. The Balaban J connectivity index is 0.00000300. The van der Waals surface area contributed by atoms with Gasteiger partial charge in [0.2, 0.25) is 10.0 Å². The number of hydrogen-bond acceptors (Lipinski definition) is 4. The molecule has 7 nitrogen and oxygen atoms in total. The van der Waals surface area contributed by atoms with Crippen LogP contribution >= 0.6 is 28.3 Å². The summed E-state index contributed by atoms with van der Waals surface area (Å²) in [6.07, 6.45) is 2.72.